The van der Waals surface area contributed by atoms with Crippen LogP contribution in [0.4, 0.5) is 11.4 Å². The van der Waals surface area contributed by atoms with Crippen LogP contribution in [-0.4, -0.2) is 32.9 Å². The minimum Gasteiger partial charge on any atom is -0.496 e. The van der Waals surface area contributed by atoms with E-state index in [2.05, 4.69) is 15.6 Å². The number of nitrogens with one attached hydrogen (secondary N) is 1. The van der Waals surface area contributed by atoms with E-state index in [0.717, 1.165) is 0 Å². The number of anilines is 1. The molecule has 1 aromatic carbocycles. The lowest BCUT2D eigenvalue weighted by Crippen LogP contribution is -2.19. The van der Waals surface area contributed by atoms with Gasteiger partial charge in [-0.2, -0.15) is 0 Å². The first kappa shape index (κ1) is 15.4. The van der Waals surface area contributed by atoms with Gasteiger partial charge in [0, 0.05) is 6.54 Å². The summed E-state index contributed by atoms with van der Waals surface area (Å²) in [7, 11) is 1.40. The molecule has 0 atom stereocenters. The molecular formula is C12H14N6O4. The maximum Gasteiger partial charge on any atom is 0.296 e. The van der Waals surface area contributed by atoms with Crippen molar-refractivity contribution in [1.82, 2.24) is 15.0 Å². The molecule has 0 radical (unpaired) electrons. The number of aromatic nitrogens is 3. The number of ether oxygens (including phenoxy) is 1. The number of nitrogens with two attached hydrogens (primary N) is 1. The number of hydrogen-bond donors (Lipinski definition) is 2. The molecule has 3 N–H and O–H groups in total. The quantitative estimate of drug-likeness (QED) is 0.577. The van der Waals surface area contributed by atoms with Crippen LogP contribution < -0.4 is 15.8 Å². The van der Waals surface area contributed by atoms with E-state index in [-0.39, 0.29) is 24.5 Å². The lowest BCUT2D eigenvalue weighted by atomic mass is 10.2. The van der Waals surface area contributed by atoms with Crippen LogP contribution in [0.2, 0.25) is 0 Å². The number of amides is 1. The Kier molecular flexibility index (Phi) is 4.63. The molecule has 2 aromatic rings. The van der Waals surface area contributed by atoms with Gasteiger partial charge >= 0.3 is 0 Å². The van der Waals surface area contributed by atoms with E-state index in [9.17, 15) is 14.9 Å². The van der Waals surface area contributed by atoms with Crippen LogP contribution in [0.25, 0.3) is 0 Å². The maximum atomic E-state index is 11.9. The van der Waals surface area contributed by atoms with Crippen molar-refractivity contribution in [2.24, 2.45) is 5.73 Å². The molecule has 116 valence electrons. The molecule has 0 aliphatic carbocycles. The molecule has 0 saturated carbocycles. The molecule has 2 rings (SSSR count). The lowest BCUT2D eigenvalue weighted by Gasteiger charge is -2.07. The number of benzene rings is 1. The van der Waals surface area contributed by atoms with Gasteiger partial charge in [0.25, 0.3) is 5.69 Å². The van der Waals surface area contributed by atoms with Crippen molar-refractivity contribution >= 4 is 17.3 Å². The molecule has 0 unspecified atom stereocenters. The molecule has 22 heavy (non-hydrogen) atoms. The van der Waals surface area contributed by atoms with Crippen molar-refractivity contribution in [2.45, 2.75) is 13.1 Å². The Bertz CT molecular complexity index is 699. The van der Waals surface area contributed by atoms with Crippen molar-refractivity contribution in [3.63, 3.8) is 0 Å². The topological polar surface area (TPSA) is 138 Å². The fourth-order valence-electron chi connectivity index (χ4n) is 1.74. The van der Waals surface area contributed by atoms with Gasteiger partial charge in [0.2, 0.25) is 5.91 Å². The van der Waals surface area contributed by atoms with Crippen LogP contribution in [0.5, 0.6) is 5.75 Å². The molecule has 0 saturated heterocycles. The third kappa shape index (κ3) is 3.55. The molecule has 1 aromatic heterocycles. The van der Waals surface area contributed by atoms with E-state index >= 15 is 0 Å². The highest BCUT2D eigenvalue weighted by Crippen LogP contribution is 2.28. The number of rotatable bonds is 6. The van der Waals surface area contributed by atoms with E-state index in [1.165, 1.54) is 36.2 Å². The normalized spacial score (nSPS) is 10.3. The van der Waals surface area contributed by atoms with Crippen molar-refractivity contribution in [3.05, 3.63) is 40.2 Å². The van der Waals surface area contributed by atoms with Gasteiger partial charge in [-0.15, -0.1) is 5.10 Å². The van der Waals surface area contributed by atoms with Gasteiger partial charge in [0.05, 0.1) is 30.0 Å². The Morgan fingerprint density at radius 2 is 2.32 bits per heavy atom. The fourth-order valence-corrected chi connectivity index (χ4v) is 1.74. The first-order chi connectivity index (χ1) is 10.5. The summed E-state index contributed by atoms with van der Waals surface area (Å²) < 4.78 is 6.22. The SMILES string of the molecule is COc1ccc(NC(=O)Cn2cc(CN)nn2)c([N+](=O)[O-])c1. The third-order valence-electron chi connectivity index (χ3n) is 2.78. The number of nitrogens with zero attached hydrogens (tertiary/aromatic N) is 4. The molecule has 0 fully saturated rings. The van der Waals surface area contributed by atoms with Crippen molar-refractivity contribution in [1.29, 1.82) is 0 Å². The first-order valence-corrected chi connectivity index (χ1v) is 6.25. The Morgan fingerprint density at radius 3 is 2.91 bits per heavy atom. The van der Waals surface area contributed by atoms with Gasteiger partial charge in [0.1, 0.15) is 18.0 Å². The van der Waals surface area contributed by atoms with Crippen LogP contribution in [0.1, 0.15) is 5.69 Å². The number of hydrogen-bond acceptors (Lipinski definition) is 7. The number of nitro benzene ring substituents is 1. The summed E-state index contributed by atoms with van der Waals surface area (Å²) in [6.07, 6.45) is 1.53. The summed E-state index contributed by atoms with van der Waals surface area (Å²) in [4.78, 5) is 22.4. The van der Waals surface area contributed by atoms with Crippen molar-refractivity contribution in [2.75, 3.05) is 12.4 Å². The van der Waals surface area contributed by atoms with Gasteiger partial charge in [0.15, 0.2) is 0 Å². The highest BCUT2D eigenvalue weighted by molar-refractivity contribution is 5.93. The Hall–Kier alpha value is -3.01. The van der Waals surface area contributed by atoms with E-state index in [1.807, 2.05) is 0 Å². The second-order valence-corrected chi connectivity index (χ2v) is 4.30. The fraction of sp³-hybridized carbons (Fsp3) is 0.250. The summed E-state index contributed by atoms with van der Waals surface area (Å²) in [6, 6.07) is 4.16. The van der Waals surface area contributed by atoms with E-state index < -0.39 is 10.8 Å². The standard InChI is InChI=1S/C12H14N6O4/c1-22-9-2-3-10(11(4-9)18(20)21)14-12(19)7-17-6-8(5-13)15-16-17/h2-4,6H,5,7,13H2,1H3,(H,14,19). The predicted molar refractivity (Wildman–Crippen MR) is 76.2 cm³/mol. The van der Waals surface area contributed by atoms with Crippen LogP contribution in [0.3, 0.4) is 0 Å². The Balaban J connectivity index is 2.12. The van der Waals surface area contributed by atoms with E-state index in [4.69, 9.17) is 10.5 Å². The summed E-state index contributed by atoms with van der Waals surface area (Å²) in [5.41, 5.74) is 5.76. The predicted octanol–water partition coefficient (Wildman–Crippen LogP) is 0.292. The lowest BCUT2D eigenvalue weighted by molar-refractivity contribution is -0.384. The number of methoxy groups -OCH3 is 1. The summed E-state index contributed by atoms with van der Waals surface area (Å²) in [6.45, 7) is 0.0851. The molecule has 1 heterocycles. The number of carbonyl (C=O) groups is 1. The van der Waals surface area contributed by atoms with Crippen LogP contribution in [0, 0.1) is 10.1 Å². The molecular weight excluding hydrogens is 292 g/mol. The van der Waals surface area contributed by atoms with Gasteiger partial charge in [-0.3, -0.25) is 14.9 Å². The van der Waals surface area contributed by atoms with Crippen LogP contribution in [0.15, 0.2) is 24.4 Å². The van der Waals surface area contributed by atoms with Crippen LogP contribution in [-0.2, 0) is 17.9 Å². The van der Waals surface area contributed by atoms with Gasteiger partial charge < -0.3 is 15.8 Å². The van der Waals surface area contributed by atoms with E-state index in [0.29, 0.717) is 11.4 Å². The van der Waals surface area contributed by atoms with Crippen LogP contribution >= 0.6 is 0 Å². The number of carbonyl (C=O) groups excluding carboxylic acids is 1. The summed E-state index contributed by atoms with van der Waals surface area (Å²) >= 11 is 0. The second kappa shape index (κ2) is 6.63. The number of nitro groups is 1. The zero-order valence-electron chi connectivity index (χ0n) is 11.7. The molecule has 10 nitrogen and oxygen atoms in total. The summed E-state index contributed by atoms with van der Waals surface area (Å²) in [5, 5.41) is 21.0. The highest BCUT2D eigenvalue weighted by Gasteiger charge is 2.17. The largest absolute Gasteiger partial charge is 0.496 e. The smallest absolute Gasteiger partial charge is 0.296 e. The average molecular weight is 306 g/mol. The van der Waals surface area contributed by atoms with Crippen molar-refractivity contribution in [3.8, 4) is 5.75 Å². The van der Waals surface area contributed by atoms with Gasteiger partial charge in [-0.05, 0) is 12.1 Å². The highest BCUT2D eigenvalue weighted by atomic mass is 16.6. The average Bonchev–Trinajstić information content (AvgIpc) is 2.94. The van der Waals surface area contributed by atoms with Crippen molar-refractivity contribution < 1.29 is 14.5 Å². The zero-order valence-corrected chi connectivity index (χ0v) is 11.7. The monoisotopic (exact) mass is 306 g/mol. The maximum absolute atomic E-state index is 11.9. The second-order valence-electron chi connectivity index (χ2n) is 4.30. The minimum absolute atomic E-state index is 0.0787. The minimum atomic E-state index is -0.597. The summed E-state index contributed by atoms with van der Waals surface area (Å²) in [5.74, 6) is -0.143. The van der Waals surface area contributed by atoms with E-state index in [1.54, 1.807) is 0 Å². The third-order valence-corrected chi connectivity index (χ3v) is 2.78. The first-order valence-electron chi connectivity index (χ1n) is 6.25. The molecule has 0 bridgehead atoms. The zero-order chi connectivity index (χ0) is 16.1. The molecule has 1 amide bonds. The Morgan fingerprint density at radius 1 is 1.55 bits per heavy atom. The molecule has 10 heteroatoms. The van der Waals surface area contributed by atoms with Gasteiger partial charge in [-0.25, -0.2) is 4.68 Å². The molecule has 0 aliphatic heterocycles. The molecule has 0 spiro atoms. The van der Waals surface area contributed by atoms with Gasteiger partial charge in [-0.1, -0.05) is 5.21 Å². The molecule has 0 aliphatic rings. The Labute approximate surface area is 125 Å².